The molecule has 4 aliphatic carbocycles. The summed E-state index contributed by atoms with van der Waals surface area (Å²) in [6.07, 6.45) is 6.66. The maximum absolute atomic E-state index is 12.6. The molecule has 1 saturated heterocycles. The Labute approximate surface area is 120 Å². The van der Waals surface area contributed by atoms with Gasteiger partial charge in [0.2, 0.25) is 11.8 Å². The molecule has 2 bridgehead atoms. The van der Waals surface area contributed by atoms with Crippen molar-refractivity contribution in [2.75, 3.05) is 0 Å². The van der Waals surface area contributed by atoms with Crippen molar-refractivity contribution in [2.45, 2.75) is 6.42 Å². The number of hydrogen-bond donors (Lipinski definition) is 0. The van der Waals surface area contributed by atoms with Crippen LogP contribution in [0.25, 0.3) is 0 Å². The van der Waals surface area contributed by atoms with Gasteiger partial charge in [0, 0.05) is 0 Å². The molecule has 1 aromatic rings. The smallest absolute Gasteiger partial charge is 0.303 e. The molecular formula is C16H13NO4. The summed E-state index contributed by atoms with van der Waals surface area (Å²) in [6.45, 7) is 0. The Bertz CT molecular complexity index is 668. The van der Waals surface area contributed by atoms with Crippen molar-refractivity contribution in [2.24, 2.45) is 35.5 Å². The molecule has 2 heterocycles. The Morgan fingerprint density at radius 3 is 2.24 bits per heavy atom. The van der Waals surface area contributed by atoms with E-state index in [9.17, 15) is 14.4 Å². The number of carbonyl (C=O) groups is 3. The monoisotopic (exact) mass is 283 g/mol. The van der Waals surface area contributed by atoms with Gasteiger partial charge >= 0.3 is 5.91 Å². The molecule has 21 heavy (non-hydrogen) atoms. The SMILES string of the molecule is O=C(c1ccco1)N1C(=O)[C@@H]2[C@H]3C=C[C@@H]([C@@H]4C[C@@H]34)[C@H]2C1=O. The quantitative estimate of drug-likeness (QED) is 0.578. The second-order valence-electron chi connectivity index (χ2n) is 6.45. The number of furan rings is 1. The van der Waals surface area contributed by atoms with Gasteiger partial charge in [-0.05, 0) is 42.2 Å². The number of carbonyl (C=O) groups excluding carboxylic acids is 3. The van der Waals surface area contributed by atoms with Crippen molar-refractivity contribution in [3.8, 4) is 0 Å². The van der Waals surface area contributed by atoms with Crippen LogP contribution in [0.3, 0.4) is 0 Å². The molecule has 0 radical (unpaired) electrons. The van der Waals surface area contributed by atoms with Crippen molar-refractivity contribution in [3.05, 3.63) is 36.3 Å². The Balaban J connectivity index is 1.56. The van der Waals surface area contributed by atoms with E-state index in [1.54, 1.807) is 6.07 Å². The van der Waals surface area contributed by atoms with Gasteiger partial charge in [0.1, 0.15) is 0 Å². The van der Waals surface area contributed by atoms with Crippen LogP contribution in [0.5, 0.6) is 0 Å². The van der Waals surface area contributed by atoms with Crippen LogP contribution in [0.4, 0.5) is 0 Å². The van der Waals surface area contributed by atoms with Gasteiger partial charge in [0.25, 0.3) is 0 Å². The molecule has 0 spiro atoms. The summed E-state index contributed by atoms with van der Waals surface area (Å²) in [5.74, 6) is -0.587. The van der Waals surface area contributed by atoms with E-state index in [1.807, 2.05) is 0 Å². The summed E-state index contributed by atoms with van der Waals surface area (Å²) in [7, 11) is 0. The van der Waals surface area contributed by atoms with Crippen molar-refractivity contribution in [3.63, 3.8) is 0 Å². The highest BCUT2D eigenvalue weighted by Gasteiger charge is 2.67. The molecule has 0 N–H and O–H groups in total. The van der Waals surface area contributed by atoms with E-state index >= 15 is 0 Å². The van der Waals surface area contributed by atoms with E-state index in [-0.39, 0.29) is 41.2 Å². The van der Waals surface area contributed by atoms with Crippen LogP contribution < -0.4 is 0 Å². The van der Waals surface area contributed by atoms with Gasteiger partial charge in [-0.1, -0.05) is 12.2 Å². The third kappa shape index (κ3) is 1.25. The van der Waals surface area contributed by atoms with E-state index in [4.69, 9.17) is 4.42 Å². The number of hydrogen-bond acceptors (Lipinski definition) is 4. The van der Waals surface area contributed by atoms with Crippen molar-refractivity contribution in [1.82, 2.24) is 4.90 Å². The number of rotatable bonds is 1. The second-order valence-corrected chi connectivity index (χ2v) is 6.45. The lowest BCUT2D eigenvalue weighted by Crippen LogP contribution is -2.40. The predicted molar refractivity (Wildman–Crippen MR) is 69.6 cm³/mol. The molecule has 6 atom stereocenters. The third-order valence-electron chi connectivity index (χ3n) is 5.60. The van der Waals surface area contributed by atoms with Crippen molar-refractivity contribution >= 4 is 17.7 Å². The lowest BCUT2D eigenvalue weighted by molar-refractivity contribution is -0.136. The van der Waals surface area contributed by atoms with Gasteiger partial charge in [0.05, 0.1) is 18.1 Å². The Kier molecular flexibility index (Phi) is 1.93. The average Bonchev–Trinajstić information content (AvgIpc) is 3.06. The number of likely N-dealkylation sites (tertiary alicyclic amines) is 1. The molecule has 5 heteroatoms. The van der Waals surface area contributed by atoms with Crippen LogP contribution in [0, 0.1) is 35.5 Å². The molecule has 1 aromatic heterocycles. The van der Waals surface area contributed by atoms with Crippen LogP contribution >= 0.6 is 0 Å². The fraction of sp³-hybridized carbons (Fsp3) is 0.438. The highest BCUT2D eigenvalue weighted by molar-refractivity contribution is 6.21. The van der Waals surface area contributed by atoms with Gasteiger partial charge < -0.3 is 4.42 Å². The number of allylic oxidation sites excluding steroid dienone is 2. The Morgan fingerprint density at radius 1 is 1.10 bits per heavy atom. The maximum atomic E-state index is 12.6. The maximum Gasteiger partial charge on any atom is 0.303 e. The Hall–Kier alpha value is -2.17. The molecule has 3 amide bonds. The first-order valence-corrected chi connectivity index (χ1v) is 7.32. The first-order chi connectivity index (χ1) is 10.2. The molecule has 5 nitrogen and oxygen atoms in total. The van der Waals surface area contributed by atoms with Crippen molar-refractivity contribution in [1.29, 1.82) is 0 Å². The van der Waals surface area contributed by atoms with Gasteiger partial charge in [0.15, 0.2) is 5.76 Å². The zero-order valence-electron chi connectivity index (χ0n) is 11.1. The average molecular weight is 283 g/mol. The lowest BCUT2D eigenvalue weighted by atomic mass is 9.63. The van der Waals surface area contributed by atoms with E-state index in [0.717, 1.165) is 11.3 Å². The largest absolute Gasteiger partial charge is 0.459 e. The van der Waals surface area contributed by atoms with Crippen LogP contribution in [0.1, 0.15) is 17.0 Å². The standard InChI is InChI=1S/C16H13NO4/c18-14(11-2-1-5-21-11)17-15(19)12-7-3-4-8(10-6-9(7)10)13(12)16(17)20/h1-5,7-10,12-13H,6H2/t7-,8-,9-,10-,12+,13+/m0/s1. The van der Waals surface area contributed by atoms with E-state index in [2.05, 4.69) is 12.2 Å². The van der Waals surface area contributed by atoms with Gasteiger partial charge in [-0.25, -0.2) is 4.90 Å². The fourth-order valence-corrected chi connectivity index (χ4v) is 4.67. The molecule has 3 fully saturated rings. The predicted octanol–water partition coefficient (Wildman–Crippen LogP) is 1.47. The summed E-state index contributed by atoms with van der Waals surface area (Å²) >= 11 is 0. The molecule has 5 aliphatic rings. The second kappa shape index (κ2) is 3.53. The van der Waals surface area contributed by atoms with Crippen LogP contribution in [-0.2, 0) is 9.59 Å². The molecule has 106 valence electrons. The number of imide groups is 3. The van der Waals surface area contributed by atoms with E-state index in [0.29, 0.717) is 11.8 Å². The summed E-state index contributed by atoms with van der Waals surface area (Å²) in [4.78, 5) is 38.5. The van der Waals surface area contributed by atoms with Gasteiger partial charge in [-0.15, -0.1) is 0 Å². The highest BCUT2D eigenvalue weighted by Crippen LogP contribution is 2.65. The molecule has 0 unspecified atom stereocenters. The molecular weight excluding hydrogens is 270 g/mol. The van der Waals surface area contributed by atoms with E-state index in [1.165, 1.54) is 12.3 Å². The molecule has 2 saturated carbocycles. The van der Waals surface area contributed by atoms with Crippen molar-refractivity contribution < 1.29 is 18.8 Å². The van der Waals surface area contributed by atoms with Crippen LogP contribution in [0.2, 0.25) is 0 Å². The lowest BCUT2D eigenvalue weighted by Gasteiger charge is -2.37. The first-order valence-electron chi connectivity index (χ1n) is 7.32. The topological polar surface area (TPSA) is 67.6 Å². The minimum atomic E-state index is -0.627. The summed E-state index contributed by atoms with van der Waals surface area (Å²) in [6, 6.07) is 3.06. The normalized spacial score (nSPS) is 42.2. The van der Waals surface area contributed by atoms with Crippen LogP contribution in [0.15, 0.2) is 35.0 Å². The number of amides is 3. The summed E-state index contributed by atoms with van der Waals surface area (Å²) < 4.78 is 5.05. The van der Waals surface area contributed by atoms with Gasteiger partial charge in [-0.3, -0.25) is 14.4 Å². The van der Waals surface area contributed by atoms with Crippen LogP contribution in [-0.4, -0.2) is 22.6 Å². The number of nitrogens with zero attached hydrogens (tertiary/aromatic N) is 1. The summed E-state index contributed by atoms with van der Waals surface area (Å²) in [5, 5.41) is 0. The molecule has 1 aliphatic heterocycles. The van der Waals surface area contributed by atoms with Gasteiger partial charge in [-0.2, -0.15) is 0 Å². The molecule has 6 rings (SSSR count). The van der Waals surface area contributed by atoms with E-state index < -0.39 is 5.91 Å². The minimum Gasteiger partial charge on any atom is -0.459 e. The Morgan fingerprint density at radius 2 is 1.71 bits per heavy atom. The zero-order valence-corrected chi connectivity index (χ0v) is 11.1. The fourth-order valence-electron chi connectivity index (χ4n) is 4.67. The minimum absolute atomic E-state index is 0.0424. The first kappa shape index (κ1) is 11.5. The third-order valence-corrected chi connectivity index (χ3v) is 5.60. The highest BCUT2D eigenvalue weighted by atomic mass is 16.3. The zero-order chi connectivity index (χ0) is 14.3. The molecule has 0 aromatic carbocycles. The summed E-state index contributed by atoms with van der Waals surface area (Å²) in [5.41, 5.74) is 0.